The Morgan fingerprint density at radius 1 is 1.12 bits per heavy atom. The van der Waals surface area contributed by atoms with Gasteiger partial charge >= 0.3 is 5.97 Å². The number of thioether (sulfide) groups is 1. The molecule has 0 saturated carbocycles. The summed E-state index contributed by atoms with van der Waals surface area (Å²) in [4.78, 5) is 23.6. The molecule has 7 heteroatoms. The van der Waals surface area contributed by atoms with Gasteiger partial charge in [-0.1, -0.05) is 11.6 Å². The second kappa shape index (κ2) is 6.98. The minimum absolute atomic E-state index is 0.00670. The molecule has 122 valence electrons. The van der Waals surface area contributed by atoms with E-state index in [9.17, 15) is 9.59 Å². The first kappa shape index (κ1) is 16.4. The molecule has 2 N–H and O–H groups in total. The van der Waals surface area contributed by atoms with Crippen molar-refractivity contribution in [3.63, 3.8) is 0 Å². The van der Waals surface area contributed by atoms with Gasteiger partial charge in [-0.05, 0) is 48.5 Å². The molecule has 0 unspecified atom stereocenters. The summed E-state index contributed by atoms with van der Waals surface area (Å²) in [6.07, 6.45) is 0. The van der Waals surface area contributed by atoms with E-state index in [2.05, 4.69) is 5.32 Å². The van der Waals surface area contributed by atoms with Crippen LogP contribution >= 0.6 is 23.4 Å². The molecular weight excluding hydrogens is 350 g/mol. The van der Waals surface area contributed by atoms with Crippen LogP contribution in [0.25, 0.3) is 11.0 Å². The van der Waals surface area contributed by atoms with Crippen molar-refractivity contribution in [1.29, 1.82) is 0 Å². The molecule has 24 heavy (non-hydrogen) atoms. The molecule has 1 amide bonds. The number of anilines is 1. The van der Waals surface area contributed by atoms with Gasteiger partial charge in [0.25, 0.3) is 5.91 Å². The van der Waals surface area contributed by atoms with Gasteiger partial charge in [-0.15, -0.1) is 11.8 Å². The van der Waals surface area contributed by atoms with Gasteiger partial charge in [0.1, 0.15) is 5.58 Å². The lowest BCUT2D eigenvalue weighted by Crippen LogP contribution is -2.10. The molecule has 0 fully saturated rings. The summed E-state index contributed by atoms with van der Waals surface area (Å²) in [7, 11) is 0. The zero-order valence-electron chi connectivity index (χ0n) is 12.3. The molecule has 0 saturated heterocycles. The molecule has 5 nitrogen and oxygen atoms in total. The lowest BCUT2D eigenvalue weighted by molar-refractivity contribution is -0.133. The van der Waals surface area contributed by atoms with Gasteiger partial charge in [-0.2, -0.15) is 0 Å². The highest BCUT2D eigenvalue weighted by molar-refractivity contribution is 8.00. The number of fused-ring (bicyclic) bond motifs is 1. The number of carboxylic acid groups (broad SMARTS) is 1. The summed E-state index contributed by atoms with van der Waals surface area (Å²) in [5.74, 6) is -1.06. The van der Waals surface area contributed by atoms with Crippen molar-refractivity contribution in [3.8, 4) is 0 Å². The number of carbonyl (C=O) groups is 2. The van der Waals surface area contributed by atoms with Crippen LogP contribution in [0.3, 0.4) is 0 Å². The first-order chi connectivity index (χ1) is 11.5. The number of rotatable bonds is 5. The third-order valence-electron chi connectivity index (χ3n) is 3.18. The third kappa shape index (κ3) is 3.90. The number of amides is 1. The first-order valence-electron chi connectivity index (χ1n) is 6.96. The summed E-state index contributed by atoms with van der Waals surface area (Å²) >= 11 is 7.13. The van der Waals surface area contributed by atoms with Gasteiger partial charge in [0, 0.05) is 21.0 Å². The number of benzene rings is 2. The van der Waals surface area contributed by atoms with Crippen LogP contribution in [-0.2, 0) is 4.79 Å². The van der Waals surface area contributed by atoms with Gasteiger partial charge in [0.2, 0.25) is 0 Å². The van der Waals surface area contributed by atoms with Crippen LogP contribution in [0.2, 0.25) is 5.02 Å². The SMILES string of the molecule is O=C(O)CSc1ccc(NC(=O)c2cc3cc(Cl)ccc3o2)cc1. The lowest BCUT2D eigenvalue weighted by atomic mass is 10.2. The molecule has 3 aromatic rings. The fourth-order valence-electron chi connectivity index (χ4n) is 2.10. The third-order valence-corrected chi connectivity index (χ3v) is 4.41. The van der Waals surface area contributed by atoms with Crippen LogP contribution in [0.15, 0.2) is 57.8 Å². The largest absolute Gasteiger partial charge is 0.481 e. The predicted octanol–water partition coefficient (Wildman–Crippen LogP) is 4.52. The van der Waals surface area contributed by atoms with Crippen molar-refractivity contribution in [2.24, 2.45) is 0 Å². The summed E-state index contributed by atoms with van der Waals surface area (Å²) in [6, 6.07) is 13.7. The fourth-order valence-corrected chi connectivity index (χ4v) is 2.90. The quantitative estimate of drug-likeness (QED) is 0.653. The molecule has 0 aliphatic rings. The van der Waals surface area contributed by atoms with E-state index in [4.69, 9.17) is 21.1 Å². The molecule has 1 heterocycles. The molecule has 1 aromatic heterocycles. The van der Waals surface area contributed by atoms with Crippen molar-refractivity contribution in [1.82, 2.24) is 0 Å². The summed E-state index contributed by atoms with van der Waals surface area (Å²) in [5.41, 5.74) is 1.18. The monoisotopic (exact) mass is 361 g/mol. The second-order valence-corrected chi connectivity index (χ2v) is 6.44. The number of hydrogen-bond acceptors (Lipinski definition) is 4. The van der Waals surface area contributed by atoms with Crippen molar-refractivity contribution >= 4 is 51.9 Å². The van der Waals surface area contributed by atoms with E-state index in [1.54, 1.807) is 48.5 Å². The maximum atomic E-state index is 12.2. The highest BCUT2D eigenvalue weighted by Gasteiger charge is 2.13. The van der Waals surface area contributed by atoms with Crippen LogP contribution in [0.4, 0.5) is 5.69 Å². The molecule has 0 bridgehead atoms. The zero-order valence-corrected chi connectivity index (χ0v) is 13.9. The van der Waals surface area contributed by atoms with E-state index in [0.29, 0.717) is 16.3 Å². The van der Waals surface area contributed by atoms with Crippen LogP contribution in [0, 0.1) is 0 Å². The average Bonchev–Trinajstić information content (AvgIpc) is 2.97. The summed E-state index contributed by atoms with van der Waals surface area (Å²) < 4.78 is 5.51. The Labute approximate surface area is 146 Å². The number of halogens is 1. The maximum absolute atomic E-state index is 12.2. The van der Waals surface area contributed by atoms with Crippen molar-refractivity contribution in [3.05, 3.63) is 59.3 Å². The summed E-state index contributed by atoms with van der Waals surface area (Å²) in [6.45, 7) is 0. The zero-order chi connectivity index (χ0) is 17.1. The number of furan rings is 1. The molecule has 3 rings (SSSR count). The van der Waals surface area contributed by atoms with E-state index in [1.165, 1.54) is 11.8 Å². The fraction of sp³-hybridized carbons (Fsp3) is 0.0588. The normalized spacial score (nSPS) is 10.7. The topological polar surface area (TPSA) is 79.5 Å². The highest BCUT2D eigenvalue weighted by Crippen LogP contribution is 2.24. The van der Waals surface area contributed by atoms with Crippen LogP contribution < -0.4 is 5.32 Å². The molecule has 0 aliphatic heterocycles. The van der Waals surface area contributed by atoms with E-state index in [0.717, 1.165) is 10.3 Å². The molecule has 0 aliphatic carbocycles. The molecule has 0 spiro atoms. The van der Waals surface area contributed by atoms with Crippen LogP contribution in [0.1, 0.15) is 10.6 Å². The van der Waals surface area contributed by atoms with E-state index >= 15 is 0 Å². The Hall–Kier alpha value is -2.44. The second-order valence-electron chi connectivity index (χ2n) is 4.95. The number of carboxylic acids is 1. The first-order valence-corrected chi connectivity index (χ1v) is 8.33. The number of aliphatic carboxylic acids is 1. The van der Waals surface area contributed by atoms with Gasteiger partial charge in [0.15, 0.2) is 5.76 Å². The lowest BCUT2D eigenvalue weighted by Gasteiger charge is -2.04. The van der Waals surface area contributed by atoms with Gasteiger partial charge < -0.3 is 14.8 Å². The van der Waals surface area contributed by atoms with Crippen LogP contribution in [0.5, 0.6) is 0 Å². The molecule has 0 radical (unpaired) electrons. The Morgan fingerprint density at radius 3 is 2.58 bits per heavy atom. The number of hydrogen-bond donors (Lipinski definition) is 2. The standard InChI is InChI=1S/C17H12ClNO4S/c18-11-1-6-14-10(7-11)8-15(23-14)17(22)19-12-2-4-13(5-3-12)24-9-16(20)21/h1-8H,9H2,(H,19,22)(H,20,21). The Bertz CT molecular complexity index is 905. The van der Waals surface area contributed by atoms with E-state index in [1.807, 2.05) is 0 Å². The number of carbonyl (C=O) groups excluding carboxylic acids is 1. The Balaban J connectivity index is 1.70. The molecule has 0 atom stereocenters. The van der Waals surface area contributed by atoms with Crippen LogP contribution in [-0.4, -0.2) is 22.7 Å². The van der Waals surface area contributed by atoms with Gasteiger partial charge in [0.05, 0.1) is 5.75 Å². The van der Waals surface area contributed by atoms with Crippen molar-refractivity contribution < 1.29 is 19.1 Å². The van der Waals surface area contributed by atoms with Gasteiger partial charge in [-0.25, -0.2) is 0 Å². The number of nitrogens with one attached hydrogen (secondary N) is 1. The minimum atomic E-state index is -0.873. The average molecular weight is 362 g/mol. The smallest absolute Gasteiger partial charge is 0.313 e. The molecular formula is C17H12ClNO4S. The Morgan fingerprint density at radius 2 is 1.88 bits per heavy atom. The van der Waals surface area contributed by atoms with Crippen molar-refractivity contribution in [2.75, 3.05) is 11.1 Å². The van der Waals surface area contributed by atoms with E-state index < -0.39 is 5.97 Å². The minimum Gasteiger partial charge on any atom is -0.481 e. The highest BCUT2D eigenvalue weighted by atomic mass is 35.5. The molecule has 2 aromatic carbocycles. The predicted molar refractivity (Wildman–Crippen MR) is 94.0 cm³/mol. The van der Waals surface area contributed by atoms with Crippen molar-refractivity contribution in [2.45, 2.75) is 4.90 Å². The van der Waals surface area contributed by atoms with Gasteiger partial charge in [-0.3, -0.25) is 9.59 Å². The Kier molecular flexibility index (Phi) is 4.78. The maximum Gasteiger partial charge on any atom is 0.313 e. The van der Waals surface area contributed by atoms with E-state index in [-0.39, 0.29) is 17.4 Å². The summed E-state index contributed by atoms with van der Waals surface area (Å²) in [5, 5.41) is 12.7.